The fraction of sp³-hybridized carbons (Fsp3) is 0.562. The summed E-state index contributed by atoms with van der Waals surface area (Å²) in [5.74, 6) is 0.414. The molecule has 2 atom stereocenters. The summed E-state index contributed by atoms with van der Waals surface area (Å²) in [7, 11) is 0. The van der Waals surface area contributed by atoms with E-state index in [1.54, 1.807) is 0 Å². The lowest BCUT2D eigenvalue weighted by atomic mass is 9.92. The maximum absolute atomic E-state index is 12.0. The average Bonchev–Trinajstić information content (AvgIpc) is 2.46. The molecule has 0 saturated carbocycles. The third-order valence-electron chi connectivity index (χ3n) is 3.67. The molecule has 1 amide bonds. The molecule has 0 aliphatic carbocycles. The van der Waals surface area contributed by atoms with Crippen molar-refractivity contribution in [2.24, 2.45) is 11.7 Å². The molecule has 2 unspecified atom stereocenters. The molecular weight excluding hydrogens is 252 g/mol. The van der Waals surface area contributed by atoms with Crippen LogP contribution >= 0.6 is 0 Å². The van der Waals surface area contributed by atoms with Gasteiger partial charge in [0.2, 0.25) is 5.91 Å². The topological polar surface area (TPSA) is 75.4 Å². The number of nitrogens with two attached hydrogens (primary N) is 1. The van der Waals surface area contributed by atoms with Crippen LogP contribution in [0.3, 0.4) is 0 Å². The molecule has 1 aromatic rings. The van der Waals surface area contributed by atoms with E-state index < -0.39 is 5.54 Å². The molecule has 0 aromatic heterocycles. The van der Waals surface area contributed by atoms with Crippen molar-refractivity contribution in [3.05, 3.63) is 35.9 Å². The lowest BCUT2D eigenvalue weighted by Gasteiger charge is -2.29. The summed E-state index contributed by atoms with van der Waals surface area (Å²) in [5.41, 5.74) is 5.68. The van der Waals surface area contributed by atoms with Crippen LogP contribution in [0.1, 0.15) is 38.7 Å². The molecule has 0 fully saturated rings. The van der Waals surface area contributed by atoms with E-state index in [9.17, 15) is 9.90 Å². The fourth-order valence-electron chi connectivity index (χ4n) is 2.19. The summed E-state index contributed by atoms with van der Waals surface area (Å²) in [6.45, 7) is 4.47. The van der Waals surface area contributed by atoms with Crippen molar-refractivity contribution in [1.82, 2.24) is 5.32 Å². The number of hydrogen-bond donors (Lipinski definition) is 3. The normalized spacial score (nSPS) is 15.4. The van der Waals surface area contributed by atoms with Crippen LogP contribution in [0.4, 0.5) is 0 Å². The van der Waals surface area contributed by atoms with Crippen molar-refractivity contribution < 1.29 is 9.90 Å². The van der Waals surface area contributed by atoms with E-state index in [-0.39, 0.29) is 12.5 Å². The van der Waals surface area contributed by atoms with Gasteiger partial charge < -0.3 is 16.2 Å². The Balaban J connectivity index is 2.58. The predicted molar refractivity (Wildman–Crippen MR) is 81.1 cm³/mol. The number of benzene rings is 1. The first-order chi connectivity index (χ1) is 9.51. The molecule has 4 nitrogen and oxygen atoms in total. The number of amides is 1. The molecule has 0 aliphatic heterocycles. The van der Waals surface area contributed by atoms with Gasteiger partial charge in [0.1, 0.15) is 0 Å². The van der Waals surface area contributed by atoms with Gasteiger partial charge in [-0.3, -0.25) is 4.79 Å². The van der Waals surface area contributed by atoms with E-state index in [0.717, 1.165) is 18.4 Å². The average molecular weight is 278 g/mol. The molecule has 0 aliphatic rings. The zero-order chi connectivity index (χ0) is 15.0. The predicted octanol–water partition coefficient (Wildman–Crippen LogP) is 1.78. The van der Waals surface area contributed by atoms with E-state index in [4.69, 9.17) is 5.73 Å². The third-order valence-corrected chi connectivity index (χ3v) is 3.67. The highest BCUT2D eigenvalue weighted by molar-refractivity contribution is 5.77. The molecule has 1 aromatic carbocycles. The van der Waals surface area contributed by atoms with Gasteiger partial charge in [-0.15, -0.1) is 0 Å². The molecule has 0 spiro atoms. The number of aliphatic hydroxyl groups excluding tert-OH is 1. The molecule has 0 saturated heterocycles. The van der Waals surface area contributed by atoms with Gasteiger partial charge >= 0.3 is 0 Å². The second-order valence-electron chi connectivity index (χ2n) is 5.63. The molecule has 112 valence electrons. The van der Waals surface area contributed by atoms with Gasteiger partial charge in [0.15, 0.2) is 0 Å². The largest absolute Gasteiger partial charge is 0.394 e. The van der Waals surface area contributed by atoms with Gasteiger partial charge in [-0.2, -0.15) is 0 Å². The second-order valence-corrected chi connectivity index (χ2v) is 5.63. The van der Waals surface area contributed by atoms with Crippen molar-refractivity contribution in [1.29, 1.82) is 0 Å². The standard InChI is InChI=1S/C16H26N2O2/c1-13(10-11-17)8-9-15(20)18-16(2,12-19)14-6-4-3-5-7-14/h3-7,13,19H,8-12,17H2,1-2H3,(H,18,20). The number of rotatable bonds is 8. The molecule has 0 radical (unpaired) electrons. The van der Waals surface area contributed by atoms with Crippen LogP contribution in [0, 0.1) is 5.92 Å². The maximum Gasteiger partial charge on any atom is 0.220 e. The summed E-state index contributed by atoms with van der Waals surface area (Å²) < 4.78 is 0. The van der Waals surface area contributed by atoms with Crippen LogP contribution in [0.15, 0.2) is 30.3 Å². The highest BCUT2D eigenvalue weighted by atomic mass is 16.3. The maximum atomic E-state index is 12.0. The number of nitrogens with one attached hydrogen (secondary N) is 1. The van der Waals surface area contributed by atoms with Crippen LogP contribution in [0.5, 0.6) is 0 Å². The van der Waals surface area contributed by atoms with Gasteiger partial charge in [0.05, 0.1) is 12.1 Å². The minimum atomic E-state index is -0.727. The van der Waals surface area contributed by atoms with E-state index in [2.05, 4.69) is 12.2 Å². The molecule has 1 rings (SSSR count). The first-order valence-electron chi connectivity index (χ1n) is 7.19. The zero-order valence-corrected chi connectivity index (χ0v) is 12.4. The monoisotopic (exact) mass is 278 g/mol. The first-order valence-corrected chi connectivity index (χ1v) is 7.19. The molecular formula is C16H26N2O2. The van der Waals surface area contributed by atoms with Gasteiger partial charge in [-0.1, -0.05) is 37.3 Å². The van der Waals surface area contributed by atoms with E-state index in [0.29, 0.717) is 18.9 Å². The fourth-order valence-corrected chi connectivity index (χ4v) is 2.19. The van der Waals surface area contributed by atoms with E-state index >= 15 is 0 Å². The third kappa shape index (κ3) is 4.94. The van der Waals surface area contributed by atoms with Crippen LogP contribution < -0.4 is 11.1 Å². The number of aliphatic hydroxyl groups is 1. The smallest absolute Gasteiger partial charge is 0.220 e. The van der Waals surface area contributed by atoms with Crippen LogP contribution in [0.2, 0.25) is 0 Å². The lowest BCUT2D eigenvalue weighted by molar-refractivity contribution is -0.123. The Kier molecular flexibility index (Phi) is 6.68. The van der Waals surface area contributed by atoms with Crippen molar-refractivity contribution in [3.8, 4) is 0 Å². The Bertz CT molecular complexity index is 408. The summed E-state index contributed by atoms with van der Waals surface area (Å²) in [4.78, 5) is 12.0. The van der Waals surface area contributed by atoms with Crippen molar-refractivity contribution in [2.75, 3.05) is 13.2 Å². The highest BCUT2D eigenvalue weighted by Gasteiger charge is 2.27. The molecule has 4 N–H and O–H groups in total. The summed E-state index contributed by atoms with van der Waals surface area (Å²) in [6, 6.07) is 9.54. The summed E-state index contributed by atoms with van der Waals surface area (Å²) in [6.07, 6.45) is 2.21. The van der Waals surface area contributed by atoms with Crippen LogP contribution in [0.25, 0.3) is 0 Å². The quantitative estimate of drug-likeness (QED) is 0.678. The van der Waals surface area contributed by atoms with Gasteiger partial charge in [0.25, 0.3) is 0 Å². The Labute approximate surface area is 121 Å². The lowest BCUT2D eigenvalue weighted by Crippen LogP contribution is -2.46. The Morgan fingerprint density at radius 1 is 1.35 bits per heavy atom. The first kappa shape index (κ1) is 16.7. The van der Waals surface area contributed by atoms with Crippen molar-refractivity contribution >= 4 is 5.91 Å². The van der Waals surface area contributed by atoms with Gasteiger partial charge in [0, 0.05) is 6.42 Å². The SMILES string of the molecule is CC(CCN)CCC(=O)NC(C)(CO)c1ccccc1. The Hall–Kier alpha value is -1.39. The minimum Gasteiger partial charge on any atom is -0.394 e. The van der Waals surface area contributed by atoms with E-state index in [1.165, 1.54) is 0 Å². The summed E-state index contributed by atoms with van der Waals surface area (Å²) in [5, 5.41) is 12.6. The van der Waals surface area contributed by atoms with Gasteiger partial charge in [-0.05, 0) is 37.8 Å². The van der Waals surface area contributed by atoms with Crippen molar-refractivity contribution in [3.63, 3.8) is 0 Å². The zero-order valence-electron chi connectivity index (χ0n) is 12.4. The number of carbonyl (C=O) groups is 1. The van der Waals surface area contributed by atoms with Crippen LogP contribution in [-0.4, -0.2) is 24.2 Å². The molecule has 0 bridgehead atoms. The molecule has 4 heteroatoms. The minimum absolute atomic E-state index is 0.0331. The Morgan fingerprint density at radius 3 is 2.55 bits per heavy atom. The molecule has 0 heterocycles. The summed E-state index contributed by atoms with van der Waals surface area (Å²) >= 11 is 0. The number of carbonyl (C=O) groups excluding carboxylic acids is 1. The van der Waals surface area contributed by atoms with Crippen molar-refractivity contribution in [2.45, 2.75) is 38.6 Å². The van der Waals surface area contributed by atoms with E-state index in [1.807, 2.05) is 37.3 Å². The second kappa shape index (κ2) is 8.02. The molecule has 20 heavy (non-hydrogen) atoms. The van der Waals surface area contributed by atoms with Gasteiger partial charge in [-0.25, -0.2) is 0 Å². The number of hydrogen-bond acceptors (Lipinski definition) is 3. The Morgan fingerprint density at radius 2 is 2.00 bits per heavy atom. The van der Waals surface area contributed by atoms with Crippen LogP contribution in [-0.2, 0) is 10.3 Å². The highest BCUT2D eigenvalue weighted by Crippen LogP contribution is 2.20.